The van der Waals surface area contributed by atoms with Crippen molar-refractivity contribution in [1.82, 2.24) is 29.9 Å². The number of carbonyl (C=O) groups is 1. The fraction of sp³-hybridized carbons (Fsp3) is 0.350. The van der Waals surface area contributed by atoms with Gasteiger partial charge in [-0.05, 0) is 63.0 Å². The van der Waals surface area contributed by atoms with Crippen molar-refractivity contribution in [3.8, 4) is 11.5 Å². The lowest BCUT2D eigenvalue weighted by Gasteiger charge is -2.32. The van der Waals surface area contributed by atoms with Crippen LogP contribution in [-0.4, -0.2) is 81.4 Å². The summed E-state index contributed by atoms with van der Waals surface area (Å²) < 4.78 is 44.5. The van der Waals surface area contributed by atoms with Crippen LogP contribution in [0.5, 0.6) is 11.5 Å². The highest BCUT2D eigenvalue weighted by Crippen LogP contribution is 2.30. The third kappa shape index (κ3) is 14.1. The Morgan fingerprint density at radius 3 is 1.62 bits per heavy atom. The van der Waals surface area contributed by atoms with Crippen LogP contribution in [0.25, 0.3) is 4.85 Å². The van der Waals surface area contributed by atoms with Gasteiger partial charge in [0.25, 0.3) is 5.82 Å². The van der Waals surface area contributed by atoms with Gasteiger partial charge in [-0.3, -0.25) is 4.98 Å². The Bertz CT molecular complexity index is 2060. The highest BCUT2D eigenvalue weighted by atomic mass is 79.9. The van der Waals surface area contributed by atoms with Gasteiger partial charge in [0.2, 0.25) is 0 Å². The molecule has 308 valence electrons. The first-order valence-corrected chi connectivity index (χ1v) is 19.2. The third-order valence-corrected chi connectivity index (χ3v) is 9.93. The monoisotopic (exact) mass is 945 g/mol. The zero-order valence-electron chi connectivity index (χ0n) is 30.3. The maximum atomic E-state index is 13.3. The molecule has 0 amide bonds. The Kier molecular flexibility index (Phi) is 19.1. The Balaban J connectivity index is 0.000000254. The Morgan fingerprint density at radius 2 is 1.24 bits per heavy atom. The normalized spacial score (nSPS) is 13.8. The highest BCUT2D eigenvalue weighted by Gasteiger charge is 2.24. The number of nitrogens with zero attached hydrogens (tertiary/aromatic N) is 9. The molecule has 5 aromatic rings. The van der Waals surface area contributed by atoms with Gasteiger partial charge in [0.1, 0.15) is 46.3 Å². The summed E-state index contributed by atoms with van der Waals surface area (Å²) in [5, 5.41) is 0.440. The van der Waals surface area contributed by atoms with Crippen molar-refractivity contribution in [3.63, 3.8) is 0 Å². The molecule has 0 spiro atoms. The van der Waals surface area contributed by atoms with Crippen molar-refractivity contribution in [2.24, 2.45) is 0 Å². The number of anilines is 2. The van der Waals surface area contributed by atoms with E-state index in [0.717, 1.165) is 72.3 Å². The van der Waals surface area contributed by atoms with E-state index < -0.39 is 5.97 Å². The molecule has 3 aromatic heterocycles. The number of carbonyl (C=O) groups excluding carboxylic acids is 1. The summed E-state index contributed by atoms with van der Waals surface area (Å²) in [5.41, 5.74) is 1.06. The maximum absolute atomic E-state index is 13.3. The molecule has 2 fully saturated rings. The van der Waals surface area contributed by atoms with E-state index in [-0.39, 0.29) is 44.4 Å². The zero-order valence-corrected chi connectivity index (χ0v) is 34.2. The van der Waals surface area contributed by atoms with Crippen molar-refractivity contribution in [2.75, 3.05) is 43.1 Å². The summed E-state index contributed by atoms with van der Waals surface area (Å²) in [6, 6.07) is 8.84. The number of aromatic nitrogens is 6. The van der Waals surface area contributed by atoms with Crippen LogP contribution in [0.4, 0.5) is 26.2 Å². The second-order valence-corrected chi connectivity index (χ2v) is 14.4. The second kappa shape index (κ2) is 23.4. The van der Waals surface area contributed by atoms with E-state index >= 15 is 0 Å². The number of hydrogen-bond donors (Lipinski definition) is 0. The van der Waals surface area contributed by atoms with Gasteiger partial charge >= 0.3 is 5.97 Å². The minimum atomic E-state index is -0.508. The molecule has 0 N–H and O–H groups in total. The van der Waals surface area contributed by atoms with Crippen molar-refractivity contribution < 1.29 is 27.8 Å². The second-order valence-electron chi connectivity index (χ2n) is 12.3. The van der Waals surface area contributed by atoms with Gasteiger partial charge in [0.15, 0.2) is 17.7 Å². The number of ether oxygens (including phenoxy) is 3. The highest BCUT2D eigenvalue weighted by molar-refractivity contribution is 9.10. The minimum Gasteiger partial charge on any atom is -0.489 e. The van der Waals surface area contributed by atoms with Crippen LogP contribution in [0.1, 0.15) is 56.7 Å². The molecule has 2 aromatic carbocycles. The molecule has 0 saturated carbocycles. The summed E-state index contributed by atoms with van der Waals surface area (Å²) in [4.78, 5) is 43.1. The topological polar surface area (TPSA) is 133 Å². The molecule has 7 rings (SSSR count). The van der Waals surface area contributed by atoms with Gasteiger partial charge < -0.3 is 28.9 Å². The maximum Gasteiger partial charge on any atom is 0.358 e. The lowest BCUT2D eigenvalue weighted by Crippen LogP contribution is -2.38. The number of benzene rings is 2. The Labute approximate surface area is 359 Å². The first kappa shape index (κ1) is 47.3. The first-order chi connectivity index (χ1) is 27.0. The molecule has 0 unspecified atom stereocenters. The molecular formula is C40H44Br2ClF2N9O4. The molecule has 13 nitrogen and oxygen atoms in total. The van der Waals surface area contributed by atoms with Gasteiger partial charge in [-0.1, -0.05) is 33.0 Å². The average molecular weight is 948 g/mol. The Morgan fingerprint density at radius 1 is 0.741 bits per heavy atom. The number of hydrogen-bond acceptors (Lipinski definition) is 12. The van der Waals surface area contributed by atoms with Crippen LogP contribution >= 0.6 is 43.5 Å². The van der Waals surface area contributed by atoms with Crippen molar-refractivity contribution in [1.29, 1.82) is 0 Å². The first-order valence-electron chi connectivity index (χ1n) is 17.3. The lowest BCUT2D eigenvalue weighted by atomic mass is 10.1. The number of halogens is 5. The quantitative estimate of drug-likeness (QED) is 0.114. The van der Waals surface area contributed by atoms with Gasteiger partial charge in [-0.2, -0.15) is 0 Å². The standard InChI is InChI=1S/C17H17BrFN3O3.C16H14BrFN4O.C5H5ClN2.2CH4/c1-24-17(23)14-9-21-16(10-20-14)22-6-4-12(5-7-22)25-15-8-11(19)2-3-13(15)18;1-19-15-9-21-16(10-20-15)22-6-4-12(5-7-22)23-14-8-11(18)2-3-13(14)17;1-4-2-8-5(6)3-7-4;;/h2-3,8-10,12H,4-7H2,1H3;2-3,8-10,12H,4-7H2;2-3H,1H3;2*1H4. The van der Waals surface area contributed by atoms with Crippen LogP contribution < -0.4 is 19.3 Å². The van der Waals surface area contributed by atoms with E-state index in [1.165, 1.54) is 50.0 Å². The molecule has 0 radical (unpaired) electrons. The van der Waals surface area contributed by atoms with E-state index in [0.29, 0.717) is 28.3 Å². The molecule has 18 heteroatoms. The fourth-order valence-electron chi connectivity index (χ4n) is 5.51. The van der Waals surface area contributed by atoms with Gasteiger partial charge in [-0.25, -0.2) is 33.5 Å². The summed E-state index contributed by atoms with van der Waals surface area (Å²) in [6.45, 7) is 11.8. The van der Waals surface area contributed by atoms with Crippen LogP contribution in [0.15, 0.2) is 82.5 Å². The van der Waals surface area contributed by atoms with Crippen molar-refractivity contribution in [2.45, 2.75) is 59.7 Å². The number of piperidine rings is 2. The van der Waals surface area contributed by atoms with Crippen molar-refractivity contribution in [3.05, 3.63) is 122 Å². The third-order valence-electron chi connectivity index (χ3n) is 8.43. The van der Waals surface area contributed by atoms with Gasteiger partial charge in [0.05, 0.1) is 46.5 Å². The SMILES string of the molecule is C.C.COC(=O)c1cnc(N2CCC(Oc3cc(F)ccc3Br)CC2)cn1.Cc1cnc(Cl)cn1.[C-]#[N+]c1cnc(N2CCC(Oc3cc(F)ccc3Br)CC2)cn1. The van der Waals surface area contributed by atoms with E-state index in [1.807, 2.05) is 6.92 Å². The zero-order chi connectivity index (χ0) is 40.0. The van der Waals surface area contributed by atoms with E-state index in [1.54, 1.807) is 30.7 Å². The van der Waals surface area contributed by atoms with Crippen LogP contribution in [-0.2, 0) is 4.74 Å². The lowest BCUT2D eigenvalue weighted by molar-refractivity contribution is 0.0593. The summed E-state index contributed by atoms with van der Waals surface area (Å²) in [6.07, 6.45) is 12.5. The summed E-state index contributed by atoms with van der Waals surface area (Å²) >= 11 is 12.2. The number of rotatable bonds is 7. The van der Waals surface area contributed by atoms with Crippen molar-refractivity contribution >= 4 is 66.9 Å². The molecular weight excluding hydrogens is 904 g/mol. The molecule has 0 aliphatic carbocycles. The molecule has 58 heavy (non-hydrogen) atoms. The predicted octanol–water partition coefficient (Wildman–Crippen LogP) is 9.90. The number of methoxy groups -OCH3 is 1. The number of esters is 1. The average Bonchev–Trinajstić information content (AvgIpc) is 3.22. The molecule has 0 atom stereocenters. The van der Waals surface area contributed by atoms with E-state index in [2.05, 4.69) is 81.1 Å². The fourth-order valence-corrected chi connectivity index (χ4v) is 6.28. The minimum absolute atomic E-state index is 0. The molecule has 2 aliphatic rings. The molecule has 2 saturated heterocycles. The summed E-state index contributed by atoms with van der Waals surface area (Å²) in [5.74, 6) is 1.67. The molecule has 2 aliphatic heterocycles. The summed E-state index contributed by atoms with van der Waals surface area (Å²) in [7, 11) is 1.31. The predicted molar refractivity (Wildman–Crippen MR) is 227 cm³/mol. The molecule has 0 bridgehead atoms. The van der Waals surface area contributed by atoms with E-state index in [4.69, 9.17) is 27.6 Å². The Hall–Kier alpha value is -5.05. The van der Waals surface area contributed by atoms with Crippen LogP contribution in [0, 0.1) is 25.1 Å². The number of aryl methyl sites for hydroxylation is 1. The van der Waals surface area contributed by atoms with Gasteiger partial charge in [0, 0.05) is 70.2 Å². The smallest absolute Gasteiger partial charge is 0.358 e. The van der Waals surface area contributed by atoms with E-state index in [9.17, 15) is 13.6 Å². The van der Waals surface area contributed by atoms with Gasteiger partial charge in [-0.15, -0.1) is 4.98 Å². The largest absolute Gasteiger partial charge is 0.489 e. The van der Waals surface area contributed by atoms with Crippen LogP contribution in [0.3, 0.4) is 0 Å². The molecule has 5 heterocycles. The van der Waals surface area contributed by atoms with Crippen LogP contribution in [0.2, 0.25) is 5.15 Å².